The zero-order valence-electron chi connectivity index (χ0n) is 7.91. The van der Waals surface area contributed by atoms with Gasteiger partial charge < -0.3 is 5.11 Å². The summed E-state index contributed by atoms with van der Waals surface area (Å²) in [5.41, 5.74) is -0.412. The Morgan fingerprint density at radius 1 is 1.07 bits per heavy atom. The van der Waals surface area contributed by atoms with Gasteiger partial charge in [0.2, 0.25) is 0 Å². The third-order valence-electron chi connectivity index (χ3n) is 6.34. The highest BCUT2D eigenvalue weighted by Crippen LogP contribution is 2.89. The lowest BCUT2D eigenvalue weighted by Crippen LogP contribution is -2.46. The predicted octanol–water partition coefficient (Wildman–Crippen LogP) is 2.74. The number of hydrogen-bond donors (Lipinski definition) is 1. The molecule has 4 heteroatoms. The maximum absolute atomic E-state index is 11.0. The maximum Gasteiger partial charge on any atom is 0.0898 e. The average molecular weight is 399 g/mol. The molecule has 0 radical (unpaired) electrons. The molecule has 6 aliphatic rings. The highest BCUT2D eigenvalue weighted by molar-refractivity contribution is 9.25. The maximum atomic E-state index is 11.0. The van der Waals surface area contributed by atoms with Gasteiger partial charge in [0.25, 0.3) is 0 Å². The highest BCUT2D eigenvalue weighted by Gasteiger charge is 2.91. The minimum Gasteiger partial charge on any atom is -0.388 e. The summed E-state index contributed by atoms with van der Waals surface area (Å²) in [5, 5.41) is 11.0. The van der Waals surface area contributed by atoms with Crippen LogP contribution in [0, 0.1) is 41.4 Å². The number of rotatable bonds is 0. The molecule has 6 fully saturated rings. The third kappa shape index (κ3) is 0.609. The standard InChI is InChI=1S/C11H11Br3O/c12-9-5-3-1-2-4(5)8-10(9,15)6(3)7(2)11(8,13)14/h2-9,15H,1H2/t2-,3-,4+,5-,6-,7+,8+,9-,10+/m0/s1. The first kappa shape index (κ1) is 9.35. The van der Waals surface area contributed by atoms with E-state index in [0.29, 0.717) is 22.6 Å². The summed E-state index contributed by atoms with van der Waals surface area (Å²) < 4.78 is 0.0424. The van der Waals surface area contributed by atoms with Crippen molar-refractivity contribution in [2.24, 2.45) is 41.4 Å². The molecular weight excluding hydrogens is 388 g/mol. The molecule has 1 N–H and O–H groups in total. The van der Waals surface area contributed by atoms with Crippen molar-refractivity contribution < 1.29 is 5.11 Å². The Bertz CT molecular complexity index is 395. The zero-order chi connectivity index (χ0) is 10.3. The van der Waals surface area contributed by atoms with Gasteiger partial charge in [0, 0.05) is 10.7 Å². The molecule has 0 aliphatic heterocycles. The van der Waals surface area contributed by atoms with E-state index >= 15 is 0 Å². The van der Waals surface area contributed by atoms with E-state index in [1.54, 1.807) is 0 Å². The molecule has 0 unspecified atom stereocenters. The Labute approximate surface area is 114 Å². The van der Waals surface area contributed by atoms with E-state index in [2.05, 4.69) is 47.8 Å². The third-order valence-corrected chi connectivity index (χ3v) is 9.73. The Morgan fingerprint density at radius 3 is 2.40 bits per heavy atom. The van der Waals surface area contributed by atoms with Crippen molar-refractivity contribution in [2.75, 3.05) is 0 Å². The molecule has 1 nitrogen and oxygen atoms in total. The van der Waals surface area contributed by atoms with Gasteiger partial charge in [0.1, 0.15) is 0 Å². The summed E-state index contributed by atoms with van der Waals surface area (Å²) in [7, 11) is 0. The molecule has 0 aromatic heterocycles. The number of alkyl halides is 3. The Kier molecular flexibility index (Phi) is 1.35. The van der Waals surface area contributed by atoms with E-state index in [1.165, 1.54) is 6.42 Å². The first-order chi connectivity index (χ1) is 7.00. The fourth-order valence-electron chi connectivity index (χ4n) is 6.49. The predicted molar refractivity (Wildman–Crippen MR) is 67.3 cm³/mol. The van der Waals surface area contributed by atoms with E-state index in [-0.39, 0.29) is 3.23 Å². The molecule has 15 heavy (non-hydrogen) atoms. The fraction of sp³-hybridized carbons (Fsp3) is 1.00. The second-order valence-corrected chi connectivity index (χ2v) is 10.9. The van der Waals surface area contributed by atoms with E-state index in [0.717, 1.165) is 23.7 Å². The topological polar surface area (TPSA) is 20.2 Å². The van der Waals surface area contributed by atoms with E-state index in [1.807, 2.05) is 0 Å². The molecule has 6 rings (SSSR count). The molecule has 0 aromatic carbocycles. The molecule has 0 heterocycles. The van der Waals surface area contributed by atoms with Gasteiger partial charge in [0.15, 0.2) is 0 Å². The van der Waals surface area contributed by atoms with Gasteiger partial charge in [-0.25, -0.2) is 0 Å². The molecule has 6 aliphatic carbocycles. The minimum absolute atomic E-state index is 0.0424. The lowest BCUT2D eigenvalue weighted by Gasteiger charge is -2.38. The van der Waals surface area contributed by atoms with Crippen molar-refractivity contribution in [3.05, 3.63) is 0 Å². The van der Waals surface area contributed by atoms with E-state index in [4.69, 9.17) is 0 Å². The van der Waals surface area contributed by atoms with Crippen molar-refractivity contribution in [3.8, 4) is 0 Å². The van der Waals surface area contributed by atoms with Crippen LogP contribution in [0.15, 0.2) is 0 Å². The van der Waals surface area contributed by atoms with Crippen molar-refractivity contribution in [1.82, 2.24) is 0 Å². The van der Waals surface area contributed by atoms with Crippen molar-refractivity contribution in [1.29, 1.82) is 0 Å². The Morgan fingerprint density at radius 2 is 1.73 bits per heavy atom. The Balaban J connectivity index is 1.88. The summed E-state index contributed by atoms with van der Waals surface area (Å²) in [4.78, 5) is 0.363. The van der Waals surface area contributed by atoms with Crippen LogP contribution in [0.4, 0.5) is 0 Å². The summed E-state index contributed by atoms with van der Waals surface area (Å²) in [6.45, 7) is 0. The normalized spacial score (nSPS) is 79.2. The number of aliphatic hydroxyl groups is 1. The highest BCUT2D eigenvalue weighted by atomic mass is 79.9. The summed E-state index contributed by atoms with van der Waals surface area (Å²) in [6, 6.07) is 0. The molecule has 6 bridgehead atoms. The molecule has 0 amide bonds. The van der Waals surface area contributed by atoms with Crippen LogP contribution in [0.2, 0.25) is 0 Å². The fourth-order valence-corrected chi connectivity index (χ4v) is 10.4. The smallest absolute Gasteiger partial charge is 0.0898 e. The lowest BCUT2D eigenvalue weighted by atomic mass is 9.69. The average Bonchev–Trinajstić information content (AvgIpc) is 2.81. The van der Waals surface area contributed by atoms with Crippen LogP contribution in [0.1, 0.15) is 6.42 Å². The molecule has 0 aromatic rings. The van der Waals surface area contributed by atoms with Crippen molar-refractivity contribution in [3.63, 3.8) is 0 Å². The van der Waals surface area contributed by atoms with Gasteiger partial charge in [-0.05, 0) is 41.9 Å². The van der Waals surface area contributed by atoms with E-state index in [9.17, 15) is 5.11 Å². The quantitative estimate of drug-likeness (QED) is 0.622. The largest absolute Gasteiger partial charge is 0.388 e. The van der Waals surface area contributed by atoms with Crippen LogP contribution in [0.25, 0.3) is 0 Å². The molecule has 82 valence electrons. The van der Waals surface area contributed by atoms with Crippen LogP contribution in [0.3, 0.4) is 0 Å². The Hall–Kier alpha value is 1.40. The van der Waals surface area contributed by atoms with E-state index < -0.39 is 5.60 Å². The summed E-state index contributed by atoms with van der Waals surface area (Å²) in [5.74, 6) is 4.93. The first-order valence-corrected chi connectivity index (χ1v) is 8.25. The van der Waals surface area contributed by atoms with Crippen LogP contribution in [0.5, 0.6) is 0 Å². The first-order valence-electron chi connectivity index (χ1n) is 5.75. The second kappa shape index (κ2) is 2.17. The summed E-state index contributed by atoms with van der Waals surface area (Å²) >= 11 is 11.6. The monoisotopic (exact) mass is 396 g/mol. The van der Waals surface area contributed by atoms with Crippen molar-refractivity contribution in [2.45, 2.75) is 20.1 Å². The summed E-state index contributed by atoms with van der Waals surface area (Å²) in [6.07, 6.45) is 1.38. The zero-order valence-corrected chi connectivity index (χ0v) is 12.7. The number of hydrogen-bond acceptors (Lipinski definition) is 1. The minimum atomic E-state index is -0.412. The van der Waals surface area contributed by atoms with Gasteiger partial charge in [-0.1, -0.05) is 47.8 Å². The molecule has 0 saturated heterocycles. The lowest BCUT2D eigenvalue weighted by molar-refractivity contribution is -0.0514. The van der Waals surface area contributed by atoms with Gasteiger partial charge in [-0.2, -0.15) is 0 Å². The molecule has 6 saturated carbocycles. The van der Waals surface area contributed by atoms with Crippen LogP contribution in [-0.2, 0) is 0 Å². The number of halogens is 3. The second-order valence-electron chi connectivity index (χ2n) is 6.21. The SMILES string of the molecule is O[C@@]12[C@H]3[C@H]4C[C@H]5[C@H]([C@H]4[C@@H]1Br)[C@H]2C(Br)(Br)[C@H]53. The van der Waals surface area contributed by atoms with Gasteiger partial charge in [0.05, 0.1) is 8.83 Å². The van der Waals surface area contributed by atoms with Gasteiger partial charge in [-0.3, -0.25) is 0 Å². The molecule has 9 atom stereocenters. The van der Waals surface area contributed by atoms with Gasteiger partial charge >= 0.3 is 0 Å². The van der Waals surface area contributed by atoms with Crippen LogP contribution < -0.4 is 0 Å². The van der Waals surface area contributed by atoms with Crippen LogP contribution >= 0.6 is 47.8 Å². The molecule has 0 spiro atoms. The molecular formula is C11H11Br3O. The van der Waals surface area contributed by atoms with Gasteiger partial charge in [-0.15, -0.1) is 0 Å². The van der Waals surface area contributed by atoms with Crippen molar-refractivity contribution >= 4 is 47.8 Å². The van der Waals surface area contributed by atoms with Crippen LogP contribution in [-0.4, -0.2) is 18.8 Å².